The molecule has 1 aromatic rings. The maximum Gasteiger partial charge on any atom is 0.324 e. The zero-order chi connectivity index (χ0) is 16.4. The Morgan fingerprint density at radius 3 is 2.48 bits per heavy atom. The molecule has 0 spiro atoms. The maximum atomic E-state index is 13.3. The average Bonchev–Trinajstić information content (AvgIpc) is 2.38. The Morgan fingerprint density at radius 1 is 1.48 bits per heavy atom. The van der Waals surface area contributed by atoms with Crippen LogP contribution in [0.5, 0.6) is 0 Å². The Balaban J connectivity index is 3.46. The first kappa shape index (κ1) is 17.1. The van der Waals surface area contributed by atoms with Crippen LogP contribution in [0, 0.1) is 17.1 Å². The highest BCUT2D eigenvalue weighted by atomic mass is 32.2. The third-order valence-electron chi connectivity index (χ3n) is 3.08. The fraction of sp³-hybridized carbons (Fsp3) is 0.385. The van der Waals surface area contributed by atoms with Crippen LogP contribution in [0.3, 0.4) is 0 Å². The van der Waals surface area contributed by atoms with Crippen molar-refractivity contribution in [2.24, 2.45) is 0 Å². The van der Waals surface area contributed by atoms with E-state index in [0.717, 1.165) is 22.5 Å². The van der Waals surface area contributed by atoms with Crippen molar-refractivity contribution in [3.05, 3.63) is 29.6 Å². The van der Waals surface area contributed by atoms with Crippen molar-refractivity contribution in [2.75, 3.05) is 6.54 Å². The Hall–Kier alpha value is -1.98. The van der Waals surface area contributed by atoms with Gasteiger partial charge in [0, 0.05) is 6.54 Å². The molecule has 0 atom stereocenters. The number of hydrogen-bond donors (Lipinski definition) is 1. The predicted molar refractivity (Wildman–Crippen MR) is 72.4 cm³/mol. The molecule has 0 fully saturated rings. The Morgan fingerprint density at radius 2 is 2.05 bits per heavy atom. The molecule has 1 N–H and O–H groups in total. The normalized spacial score (nSPS) is 12.2. The Kier molecular flexibility index (Phi) is 4.71. The van der Waals surface area contributed by atoms with Crippen LogP contribution in [-0.4, -0.2) is 35.9 Å². The van der Waals surface area contributed by atoms with E-state index in [4.69, 9.17) is 5.26 Å². The van der Waals surface area contributed by atoms with Crippen molar-refractivity contribution in [1.82, 2.24) is 4.31 Å². The Labute approximate surface area is 122 Å². The van der Waals surface area contributed by atoms with Gasteiger partial charge in [0.15, 0.2) is 0 Å². The van der Waals surface area contributed by atoms with Gasteiger partial charge in [-0.1, -0.05) is 6.92 Å². The Bertz CT molecular complexity index is 707. The molecular formula is C13H15FN2O4S. The first-order valence-electron chi connectivity index (χ1n) is 6.05. The third-order valence-corrected chi connectivity index (χ3v) is 5.22. The molecule has 21 heavy (non-hydrogen) atoms. The lowest BCUT2D eigenvalue weighted by atomic mass is 10.1. The second kappa shape index (κ2) is 5.79. The number of carbonyl (C=O) groups is 1. The number of hydrogen-bond acceptors (Lipinski definition) is 4. The highest BCUT2D eigenvalue weighted by molar-refractivity contribution is 7.89. The number of benzene rings is 1. The molecule has 0 amide bonds. The minimum absolute atomic E-state index is 0.0824. The van der Waals surface area contributed by atoms with Crippen LogP contribution < -0.4 is 0 Å². The van der Waals surface area contributed by atoms with Crippen LogP contribution in [0.2, 0.25) is 0 Å². The van der Waals surface area contributed by atoms with Gasteiger partial charge in [0.05, 0.1) is 10.5 Å². The van der Waals surface area contributed by atoms with E-state index in [0.29, 0.717) is 0 Å². The molecule has 0 bridgehead atoms. The van der Waals surface area contributed by atoms with Gasteiger partial charge in [-0.15, -0.1) is 0 Å². The van der Waals surface area contributed by atoms with E-state index < -0.39 is 32.9 Å². The number of nitriles is 1. The lowest BCUT2D eigenvalue weighted by molar-refractivity contribution is -0.146. The molecule has 0 radical (unpaired) electrons. The van der Waals surface area contributed by atoms with Crippen LogP contribution >= 0.6 is 0 Å². The highest BCUT2D eigenvalue weighted by Crippen LogP contribution is 2.26. The minimum atomic E-state index is -4.17. The maximum absolute atomic E-state index is 13.3. The number of sulfonamides is 1. The summed E-state index contributed by atoms with van der Waals surface area (Å²) in [5.41, 5.74) is -2.09. The predicted octanol–water partition coefficient (Wildman–Crippen LogP) is 1.57. The summed E-state index contributed by atoms with van der Waals surface area (Å²) in [6.07, 6.45) is 0. The van der Waals surface area contributed by atoms with E-state index in [1.165, 1.54) is 20.8 Å². The van der Waals surface area contributed by atoms with Gasteiger partial charge in [0.25, 0.3) is 0 Å². The largest absolute Gasteiger partial charge is 0.480 e. The zero-order valence-electron chi connectivity index (χ0n) is 11.8. The van der Waals surface area contributed by atoms with Gasteiger partial charge in [-0.05, 0) is 32.0 Å². The summed E-state index contributed by atoms with van der Waals surface area (Å²) in [6, 6.07) is 4.32. The summed E-state index contributed by atoms with van der Waals surface area (Å²) in [6.45, 7) is 3.92. The molecule has 0 aliphatic carbocycles. The molecule has 0 heterocycles. The van der Waals surface area contributed by atoms with E-state index in [9.17, 15) is 22.7 Å². The summed E-state index contributed by atoms with van der Waals surface area (Å²) < 4.78 is 39.1. The number of carboxylic acids is 1. The molecule has 6 nitrogen and oxygen atoms in total. The van der Waals surface area contributed by atoms with Crippen molar-refractivity contribution in [3.63, 3.8) is 0 Å². The van der Waals surface area contributed by atoms with E-state index in [2.05, 4.69) is 0 Å². The smallest absolute Gasteiger partial charge is 0.324 e. The number of rotatable bonds is 5. The van der Waals surface area contributed by atoms with Gasteiger partial charge < -0.3 is 5.11 Å². The van der Waals surface area contributed by atoms with Crippen molar-refractivity contribution >= 4 is 16.0 Å². The molecule has 0 aliphatic heterocycles. The molecule has 114 valence electrons. The second-order valence-corrected chi connectivity index (χ2v) is 6.65. The quantitative estimate of drug-likeness (QED) is 0.889. The highest BCUT2D eigenvalue weighted by Gasteiger charge is 2.41. The molecule has 0 aliphatic rings. The molecular weight excluding hydrogens is 299 g/mol. The van der Waals surface area contributed by atoms with E-state index in [-0.39, 0.29) is 11.4 Å². The van der Waals surface area contributed by atoms with Gasteiger partial charge in [-0.25, -0.2) is 12.8 Å². The molecule has 0 unspecified atom stereocenters. The van der Waals surface area contributed by atoms with Gasteiger partial charge >= 0.3 is 5.97 Å². The lowest BCUT2D eigenvalue weighted by Gasteiger charge is -2.33. The lowest BCUT2D eigenvalue weighted by Crippen LogP contribution is -2.52. The third kappa shape index (κ3) is 3.04. The summed E-state index contributed by atoms with van der Waals surface area (Å²) in [7, 11) is -4.17. The van der Waals surface area contributed by atoms with Crippen molar-refractivity contribution < 1.29 is 22.7 Å². The van der Waals surface area contributed by atoms with Gasteiger partial charge in [-0.3, -0.25) is 4.79 Å². The van der Waals surface area contributed by atoms with E-state index in [1.54, 1.807) is 6.07 Å². The average molecular weight is 314 g/mol. The number of likely N-dealkylation sites (N-methyl/N-ethyl adjacent to an activating group) is 1. The fourth-order valence-corrected chi connectivity index (χ4v) is 3.63. The van der Waals surface area contributed by atoms with Crippen LogP contribution in [0.15, 0.2) is 23.1 Å². The van der Waals surface area contributed by atoms with E-state index >= 15 is 0 Å². The minimum Gasteiger partial charge on any atom is -0.480 e. The molecule has 0 saturated heterocycles. The second-order valence-electron chi connectivity index (χ2n) is 4.79. The number of halogens is 1. The van der Waals surface area contributed by atoms with Crippen LogP contribution in [-0.2, 0) is 14.8 Å². The number of nitrogens with zero attached hydrogens (tertiary/aromatic N) is 2. The molecule has 0 aromatic heterocycles. The summed E-state index contributed by atoms with van der Waals surface area (Å²) >= 11 is 0. The molecule has 8 heteroatoms. The van der Waals surface area contributed by atoms with Crippen LogP contribution in [0.4, 0.5) is 4.39 Å². The summed E-state index contributed by atoms with van der Waals surface area (Å²) in [4.78, 5) is 10.9. The van der Waals surface area contributed by atoms with E-state index in [1.807, 2.05) is 0 Å². The molecule has 0 saturated carbocycles. The SMILES string of the molecule is CCN(C(C)(C)C(=O)O)S(=O)(=O)c1ccc(F)c(C#N)c1. The summed E-state index contributed by atoms with van der Waals surface area (Å²) in [5.74, 6) is -2.15. The van der Waals surface area contributed by atoms with Crippen LogP contribution in [0.25, 0.3) is 0 Å². The van der Waals surface area contributed by atoms with Crippen molar-refractivity contribution in [2.45, 2.75) is 31.2 Å². The topological polar surface area (TPSA) is 98.5 Å². The zero-order valence-corrected chi connectivity index (χ0v) is 12.6. The standard InChI is InChI=1S/C13H15FN2O4S/c1-4-16(13(2,3)12(17)18)21(19,20)10-5-6-11(14)9(7-10)8-15/h5-7H,4H2,1-3H3,(H,17,18). The van der Waals surface area contributed by atoms with Gasteiger partial charge in [-0.2, -0.15) is 9.57 Å². The van der Waals surface area contributed by atoms with Crippen molar-refractivity contribution in [1.29, 1.82) is 5.26 Å². The number of aliphatic carboxylic acids is 1. The van der Waals surface area contributed by atoms with Gasteiger partial charge in [0.2, 0.25) is 10.0 Å². The first-order chi connectivity index (χ1) is 9.58. The van der Waals surface area contributed by atoms with Gasteiger partial charge in [0.1, 0.15) is 17.4 Å². The monoisotopic (exact) mass is 314 g/mol. The summed E-state index contributed by atoms with van der Waals surface area (Å²) in [5, 5.41) is 17.9. The van der Waals surface area contributed by atoms with Crippen LogP contribution in [0.1, 0.15) is 26.3 Å². The van der Waals surface area contributed by atoms with Crippen molar-refractivity contribution in [3.8, 4) is 6.07 Å². The first-order valence-corrected chi connectivity index (χ1v) is 7.49. The molecule has 1 aromatic carbocycles. The number of carboxylic acid groups (broad SMARTS) is 1. The molecule has 1 rings (SSSR count). The fourth-order valence-electron chi connectivity index (χ4n) is 1.85.